The molecule has 0 aliphatic heterocycles. The Hall–Kier alpha value is -1.74. The van der Waals surface area contributed by atoms with E-state index in [1.54, 1.807) is 6.21 Å². The second-order valence-corrected chi connectivity index (χ2v) is 6.24. The third-order valence-electron chi connectivity index (χ3n) is 3.15. The van der Waals surface area contributed by atoms with Crippen molar-refractivity contribution >= 4 is 17.2 Å². The van der Waals surface area contributed by atoms with E-state index in [0.29, 0.717) is 0 Å². The largest absolute Gasteiger partial charge is 0.229 e. The van der Waals surface area contributed by atoms with Crippen LogP contribution in [-0.2, 0) is 11.0 Å². The normalized spacial score (nSPS) is 12.8. The van der Waals surface area contributed by atoms with Gasteiger partial charge in [0.05, 0.1) is 4.90 Å². The van der Waals surface area contributed by atoms with Crippen LogP contribution in [0.2, 0.25) is 0 Å². The zero-order valence-electron chi connectivity index (χ0n) is 12.3. The van der Waals surface area contributed by atoms with Crippen molar-refractivity contribution in [3.05, 3.63) is 64.2 Å². The van der Waals surface area contributed by atoms with Crippen molar-refractivity contribution in [2.45, 2.75) is 32.6 Å². The lowest BCUT2D eigenvalue weighted by Gasteiger charge is -2.07. The van der Waals surface area contributed by atoms with E-state index in [1.807, 2.05) is 64.1 Å². The first-order valence-electron chi connectivity index (χ1n) is 6.58. The standard InChI is InChI=1S/C17H19NOS/c1-12-5-7-16(8-6-12)11-18-20(19)17-14(3)9-13(2)10-15(17)4/h5-11H,1-4H3/b18-11+. The number of benzene rings is 2. The molecule has 1 atom stereocenters. The number of nitrogens with zero attached hydrogens (tertiary/aromatic N) is 1. The maximum Gasteiger partial charge on any atom is 0.173 e. The van der Waals surface area contributed by atoms with Gasteiger partial charge in [0.15, 0.2) is 11.0 Å². The minimum absolute atomic E-state index is 0.818. The van der Waals surface area contributed by atoms with Crippen LogP contribution in [-0.4, -0.2) is 10.4 Å². The summed E-state index contributed by atoms with van der Waals surface area (Å²) in [6.07, 6.45) is 1.67. The van der Waals surface area contributed by atoms with Crippen molar-refractivity contribution in [3.63, 3.8) is 0 Å². The van der Waals surface area contributed by atoms with Crippen LogP contribution in [0.5, 0.6) is 0 Å². The molecule has 0 saturated carbocycles. The molecule has 0 radical (unpaired) electrons. The van der Waals surface area contributed by atoms with Gasteiger partial charge in [0.1, 0.15) is 0 Å². The van der Waals surface area contributed by atoms with Crippen LogP contribution in [0, 0.1) is 27.7 Å². The fourth-order valence-corrected chi connectivity index (χ4v) is 3.25. The molecule has 0 spiro atoms. The Labute approximate surface area is 123 Å². The van der Waals surface area contributed by atoms with E-state index in [9.17, 15) is 4.21 Å². The zero-order valence-corrected chi connectivity index (χ0v) is 13.1. The summed E-state index contributed by atoms with van der Waals surface area (Å²) in [5.41, 5.74) is 5.41. The first kappa shape index (κ1) is 14.7. The maximum absolute atomic E-state index is 12.4. The number of rotatable bonds is 3. The summed E-state index contributed by atoms with van der Waals surface area (Å²) in [7, 11) is -1.35. The average molecular weight is 285 g/mol. The second kappa shape index (κ2) is 6.14. The summed E-state index contributed by atoms with van der Waals surface area (Å²) < 4.78 is 16.5. The average Bonchev–Trinajstić information content (AvgIpc) is 2.37. The van der Waals surface area contributed by atoms with Crippen molar-refractivity contribution in [1.29, 1.82) is 0 Å². The van der Waals surface area contributed by atoms with Crippen LogP contribution in [0.3, 0.4) is 0 Å². The Morgan fingerprint density at radius 1 is 0.900 bits per heavy atom. The lowest BCUT2D eigenvalue weighted by atomic mass is 10.1. The van der Waals surface area contributed by atoms with Gasteiger partial charge in [-0.1, -0.05) is 47.5 Å². The van der Waals surface area contributed by atoms with E-state index in [-0.39, 0.29) is 0 Å². The molecule has 2 aromatic rings. The van der Waals surface area contributed by atoms with E-state index >= 15 is 0 Å². The molecular formula is C17H19NOS. The molecule has 0 N–H and O–H groups in total. The Morgan fingerprint density at radius 3 is 2.00 bits per heavy atom. The fraction of sp³-hybridized carbons (Fsp3) is 0.235. The lowest BCUT2D eigenvalue weighted by molar-refractivity contribution is 0.683. The van der Waals surface area contributed by atoms with Crippen molar-refractivity contribution in [3.8, 4) is 0 Å². The molecule has 104 valence electrons. The van der Waals surface area contributed by atoms with Gasteiger partial charge in [-0.15, -0.1) is 0 Å². The topological polar surface area (TPSA) is 29.4 Å². The second-order valence-electron chi connectivity index (χ2n) is 5.12. The third-order valence-corrected chi connectivity index (χ3v) is 4.44. The van der Waals surface area contributed by atoms with Crippen LogP contribution in [0.15, 0.2) is 45.7 Å². The molecule has 0 aliphatic rings. The minimum Gasteiger partial charge on any atom is -0.229 e. The van der Waals surface area contributed by atoms with Crippen LogP contribution in [0.4, 0.5) is 0 Å². The predicted molar refractivity (Wildman–Crippen MR) is 85.8 cm³/mol. The summed E-state index contributed by atoms with van der Waals surface area (Å²) in [6.45, 7) is 8.05. The molecule has 0 aliphatic carbocycles. The van der Waals surface area contributed by atoms with Gasteiger partial charge in [-0.2, -0.15) is 4.40 Å². The lowest BCUT2D eigenvalue weighted by Crippen LogP contribution is -1.97. The molecule has 3 heteroatoms. The zero-order chi connectivity index (χ0) is 14.7. The molecule has 2 nitrogen and oxygen atoms in total. The summed E-state index contributed by atoms with van der Waals surface area (Å²) in [4.78, 5) is 0.818. The molecule has 0 fully saturated rings. The first-order chi connectivity index (χ1) is 9.47. The van der Waals surface area contributed by atoms with Crippen molar-refractivity contribution in [2.24, 2.45) is 4.40 Å². The highest BCUT2D eigenvalue weighted by Gasteiger charge is 2.09. The van der Waals surface area contributed by atoms with Gasteiger partial charge in [0, 0.05) is 6.21 Å². The first-order valence-corrected chi connectivity index (χ1v) is 7.68. The van der Waals surface area contributed by atoms with Gasteiger partial charge >= 0.3 is 0 Å². The molecule has 2 rings (SSSR count). The van der Waals surface area contributed by atoms with E-state index in [0.717, 1.165) is 21.6 Å². The van der Waals surface area contributed by atoms with E-state index in [4.69, 9.17) is 0 Å². The number of aryl methyl sites for hydroxylation is 4. The predicted octanol–water partition coefficient (Wildman–Crippen LogP) is 4.06. The minimum atomic E-state index is -1.35. The maximum atomic E-state index is 12.4. The van der Waals surface area contributed by atoms with Crippen LogP contribution >= 0.6 is 0 Å². The van der Waals surface area contributed by atoms with Crippen LogP contribution in [0.1, 0.15) is 27.8 Å². The van der Waals surface area contributed by atoms with Gasteiger partial charge in [-0.3, -0.25) is 0 Å². The number of hydrogen-bond donors (Lipinski definition) is 0. The molecule has 2 aromatic carbocycles. The SMILES string of the molecule is Cc1ccc(/C=N/S(=O)c2c(C)cc(C)cc2C)cc1. The van der Waals surface area contributed by atoms with Gasteiger partial charge in [0.25, 0.3) is 0 Å². The Balaban J connectivity index is 2.26. The highest BCUT2D eigenvalue weighted by Crippen LogP contribution is 2.20. The number of hydrogen-bond acceptors (Lipinski definition) is 1. The molecule has 0 heterocycles. The molecule has 0 aromatic heterocycles. The van der Waals surface area contributed by atoms with Crippen LogP contribution < -0.4 is 0 Å². The summed E-state index contributed by atoms with van der Waals surface area (Å²) in [5.74, 6) is 0. The highest BCUT2D eigenvalue weighted by atomic mass is 32.2. The Morgan fingerprint density at radius 2 is 1.45 bits per heavy atom. The molecular weight excluding hydrogens is 266 g/mol. The van der Waals surface area contributed by atoms with E-state index < -0.39 is 11.0 Å². The molecule has 20 heavy (non-hydrogen) atoms. The molecule has 0 bridgehead atoms. The molecule has 0 amide bonds. The summed E-state index contributed by atoms with van der Waals surface area (Å²) in [6, 6.07) is 12.1. The van der Waals surface area contributed by atoms with Gasteiger partial charge in [0.2, 0.25) is 0 Å². The van der Waals surface area contributed by atoms with Gasteiger partial charge in [-0.05, 0) is 44.4 Å². The summed E-state index contributed by atoms with van der Waals surface area (Å²) in [5, 5.41) is 0. The summed E-state index contributed by atoms with van der Waals surface area (Å²) >= 11 is 0. The Kier molecular flexibility index (Phi) is 4.50. The van der Waals surface area contributed by atoms with Crippen molar-refractivity contribution in [2.75, 3.05) is 0 Å². The fourth-order valence-electron chi connectivity index (χ4n) is 2.26. The van der Waals surface area contributed by atoms with Crippen molar-refractivity contribution < 1.29 is 4.21 Å². The molecule has 0 saturated heterocycles. The van der Waals surface area contributed by atoms with Gasteiger partial charge < -0.3 is 0 Å². The Bertz CT molecular complexity index is 649. The monoisotopic (exact) mass is 285 g/mol. The van der Waals surface area contributed by atoms with Gasteiger partial charge in [-0.25, -0.2) is 4.21 Å². The van der Waals surface area contributed by atoms with Crippen molar-refractivity contribution in [1.82, 2.24) is 0 Å². The quantitative estimate of drug-likeness (QED) is 0.782. The smallest absolute Gasteiger partial charge is 0.173 e. The highest BCUT2D eigenvalue weighted by molar-refractivity contribution is 7.84. The van der Waals surface area contributed by atoms with Crippen LogP contribution in [0.25, 0.3) is 0 Å². The van der Waals surface area contributed by atoms with E-state index in [1.165, 1.54) is 11.1 Å². The third kappa shape index (κ3) is 3.42. The van der Waals surface area contributed by atoms with E-state index in [2.05, 4.69) is 4.40 Å². The molecule has 1 unspecified atom stereocenters.